The molecule has 0 aromatic carbocycles. The van der Waals surface area contributed by atoms with E-state index in [0.29, 0.717) is 0 Å². The predicted octanol–water partition coefficient (Wildman–Crippen LogP) is 2.21. The van der Waals surface area contributed by atoms with Gasteiger partial charge in [0.1, 0.15) is 0 Å². The molecule has 0 bridgehead atoms. The zero-order chi connectivity index (χ0) is 13.5. The van der Waals surface area contributed by atoms with Crippen molar-refractivity contribution in [1.82, 2.24) is 10.3 Å². The number of nitrogens with one attached hydrogen (secondary N) is 1. The first kappa shape index (κ1) is 13.8. The monoisotopic (exact) mass is 261 g/mol. The van der Waals surface area contributed by atoms with Crippen molar-refractivity contribution in [2.75, 3.05) is 24.5 Å². The molecular weight excluding hydrogens is 238 g/mol. The fourth-order valence-electron chi connectivity index (χ4n) is 2.49. The lowest BCUT2D eigenvalue weighted by molar-refractivity contribution is -0.125. The number of aromatic nitrogens is 1. The summed E-state index contributed by atoms with van der Waals surface area (Å²) < 4.78 is 0. The van der Waals surface area contributed by atoms with Gasteiger partial charge in [0.05, 0.1) is 0 Å². The van der Waals surface area contributed by atoms with Crippen molar-refractivity contribution in [2.24, 2.45) is 5.92 Å². The van der Waals surface area contributed by atoms with E-state index in [4.69, 9.17) is 0 Å². The molecule has 1 amide bonds. The van der Waals surface area contributed by atoms with Gasteiger partial charge in [0, 0.05) is 43.6 Å². The van der Waals surface area contributed by atoms with E-state index in [1.54, 1.807) is 0 Å². The van der Waals surface area contributed by atoms with Crippen molar-refractivity contribution in [1.29, 1.82) is 0 Å². The largest absolute Gasteiger partial charge is 0.371 e. The third-order valence-electron chi connectivity index (χ3n) is 3.72. The molecule has 2 rings (SSSR count). The Balaban J connectivity index is 1.77. The first-order chi connectivity index (χ1) is 9.31. The summed E-state index contributed by atoms with van der Waals surface area (Å²) in [5.41, 5.74) is 1.21. The normalized spacial score (nSPS) is 16.4. The highest BCUT2D eigenvalue weighted by Crippen LogP contribution is 2.22. The number of anilines is 1. The van der Waals surface area contributed by atoms with Gasteiger partial charge in [-0.3, -0.25) is 9.78 Å². The standard InChI is InChI=1S/C15H23N3O/c1-2-3-8-17-15(19)13-6-11-18(12-7-13)14-4-9-16-10-5-14/h4-5,9-10,13H,2-3,6-8,11-12H2,1H3,(H,17,19). The number of unbranched alkanes of at least 4 members (excludes halogenated alkanes) is 1. The predicted molar refractivity (Wildman–Crippen MR) is 77.1 cm³/mol. The van der Waals surface area contributed by atoms with Crippen LogP contribution in [0.3, 0.4) is 0 Å². The number of pyridine rings is 1. The molecule has 1 aliphatic rings. The van der Waals surface area contributed by atoms with Gasteiger partial charge in [0.25, 0.3) is 0 Å². The Bertz CT molecular complexity index is 386. The molecule has 0 spiro atoms. The van der Waals surface area contributed by atoms with E-state index in [1.807, 2.05) is 24.5 Å². The molecular formula is C15H23N3O. The van der Waals surface area contributed by atoms with Crippen LogP contribution in [0, 0.1) is 5.92 Å². The Kier molecular flexibility index (Phi) is 5.19. The molecule has 1 saturated heterocycles. The zero-order valence-corrected chi connectivity index (χ0v) is 11.6. The van der Waals surface area contributed by atoms with Gasteiger partial charge in [-0.05, 0) is 31.4 Å². The Labute approximate surface area is 115 Å². The van der Waals surface area contributed by atoms with Crippen LogP contribution >= 0.6 is 0 Å². The topological polar surface area (TPSA) is 45.2 Å². The highest BCUT2D eigenvalue weighted by molar-refractivity contribution is 5.78. The maximum absolute atomic E-state index is 12.0. The summed E-state index contributed by atoms with van der Waals surface area (Å²) in [7, 11) is 0. The fraction of sp³-hybridized carbons (Fsp3) is 0.600. The molecule has 1 N–H and O–H groups in total. The molecule has 0 saturated carbocycles. The average Bonchev–Trinajstić information content (AvgIpc) is 2.48. The van der Waals surface area contributed by atoms with Crippen LogP contribution in [0.2, 0.25) is 0 Å². The van der Waals surface area contributed by atoms with E-state index in [1.165, 1.54) is 5.69 Å². The third kappa shape index (κ3) is 3.94. The molecule has 0 aliphatic carbocycles. The fourth-order valence-corrected chi connectivity index (χ4v) is 2.49. The zero-order valence-electron chi connectivity index (χ0n) is 11.6. The minimum Gasteiger partial charge on any atom is -0.371 e. The van der Waals surface area contributed by atoms with Crippen LogP contribution in [0.15, 0.2) is 24.5 Å². The minimum atomic E-state index is 0.190. The van der Waals surface area contributed by atoms with E-state index in [0.717, 1.165) is 45.3 Å². The molecule has 1 aromatic rings. The molecule has 1 aliphatic heterocycles. The van der Waals surface area contributed by atoms with Crippen molar-refractivity contribution in [3.05, 3.63) is 24.5 Å². The van der Waals surface area contributed by atoms with Crippen LogP contribution in [0.4, 0.5) is 5.69 Å². The van der Waals surface area contributed by atoms with Crippen molar-refractivity contribution >= 4 is 11.6 Å². The second kappa shape index (κ2) is 7.12. The van der Waals surface area contributed by atoms with Crippen LogP contribution in [0.1, 0.15) is 32.6 Å². The molecule has 2 heterocycles. The Morgan fingerprint density at radius 1 is 1.37 bits per heavy atom. The van der Waals surface area contributed by atoms with Crippen molar-refractivity contribution in [3.8, 4) is 0 Å². The number of hydrogen-bond donors (Lipinski definition) is 1. The molecule has 1 aromatic heterocycles. The SMILES string of the molecule is CCCCNC(=O)C1CCN(c2ccncc2)CC1. The first-order valence-electron chi connectivity index (χ1n) is 7.24. The van der Waals surface area contributed by atoms with Crippen LogP contribution in [-0.4, -0.2) is 30.5 Å². The Morgan fingerprint density at radius 2 is 2.05 bits per heavy atom. The van der Waals surface area contributed by atoms with Crippen molar-refractivity contribution < 1.29 is 4.79 Å². The summed E-state index contributed by atoms with van der Waals surface area (Å²) in [5.74, 6) is 0.428. The number of carbonyl (C=O) groups excluding carboxylic acids is 1. The number of rotatable bonds is 5. The summed E-state index contributed by atoms with van der Waals surface area (Å²) in [5, 5.41) is 3.04. The first-order valence-corrected chi connectivity index (χ1v) is 7.24. The van der Waals surface area contributed by atoms with Gasteiger partial charge in [-0.15, -0.1) is 0 Å². The van der Waals surface area contributed by atoms with Gasteiger partial charge in [-0.25, -0.2) is 0 Å². The van der Waals surface area contributed by atoms with E-state index in [9.17, 15) is 4.79 Å². The van der Waals surface area contributed by atoms with Crippen molar-refractivity contribution in [3.63, 3.8) is 0 Å². The molecule has 4 heteroatoms. The molecule has 1 fully saturated rings. The minimum absolute atomic E-state index is 0.190. The lowest BCUT2D eigenvalue weighted by Gasteiger charge is -2.32. The van der Waals surface area contributed by atoms with E-state index < -0.39 is 0 Å². The van der Waals surface area contributed by atoms with E-state index in [-0.39, 0.29) is 11.8 Å². The van der Waals surface area contributed by atoms with Gasteiger partial charge < -0.3 is 10.2 Å². The van der Waals surface area contributed by atoms with Crippen LogP contribution < -0.4 is 10.2 Å². The number of carbonyl (C=O) groups is 1. The second-order valence-electron chi connectivity index (χ2n) is 5.11. The third-order valence-corrected chi connectivity index (χ3v) is 3.72. The number of nitrogens with zero attached hydrogens (tertiary/aromatic N) is 2. The quantitative estimate of drug-likeness (QED) is 0.827. The number of hydrogen-bond acceptors (Lipinski definition) is 3. The molecule has 19 heavy (non-hydrogen) atoms. The summed E-state index contributed by atoms with van der Waals surface area (Å²) in [4.78, 5) is 18.3. The van der Waals surface area contributed by atoms with Gasteiger partial charge >= 0.3 is 0 Å². The van der Waals surface area contributed by atoms with Crippen molar-refractivity contribution in [2.45, 2.75) is 32.6 Å². The summed E-state index contributed by atoms with van der Waals surface area (Å²) >= 11 is 0. The lowest BCUT2D eigenvalue weighted by Crippen LogP contribution is -2.40. The van der Waals surface area contributed by atoms with Gasteiger partial charge in [-0.1, -0.05) is 13.3 Å². The number of amides is 1. The molecule has 0 radical (unpaired) electrons. The second-order valence-corrected chi connectivity index (χ2v) is 5.11. The average molecular weight is 261 g/mol. The molecule has 0 unspecified atom stereocenters. The van der Waals surface area contributed by atoms with Gasteiger partial charge in [0.2, 0.25) is 5.91 Å². The van der Waals surface area contributed by atoms with E-state index in [2.05, 4.69) is 22.1 Å². The van der Waals surface area contributed by atoms with Crippen LogP contribution in [0.5, 0.6) is 0 Å². The molecule has 4 nitrogen and oxygen atoms in total. The van der Waals surface area contributed by atoms with Crippen LogP contribution in [-0.2, 0) is 4.79 Å². The smallest absolute Gasteiger partial charge is 0.223 e. The van der Waals surface area contributed by atoms with Crippen LogP contribution in [0.25, 0.3) is 0 Å². The summed E-state index contributed by atoms with van der Waals surface area (Å²) in [6.07, 6.45) is 7.72. The van der Waals surface area contributed by atoms with E-state index >= 15 is 0 Å². The number of piperidine rings is 1. The Hall–Kier alpha value is -1.58. The van der Waals surface area contributed by atoms with Gasteiger partial charge in [-0.2, -0.15) is 0 Å². The highest BCUT2D eigenvalue weighted by Gasteiger charge is 2.24. The summed E-state index contributed by atoms with van der Waals surface area (Å²) in [6.45, 7) is 4.87. The Morgan fingerprint density at radius 3 is 2.68 bits per heavy atom. The molecule has 104 valence electrons. The highest BCUT2D eigenvalue weighted by atomic mass is 16.1. The lowest BCUT2D eigenvalue weighted by atomic mass is 9.95. The van der Waals surface area contributed by atoms with Gasteiger partial charge in [0.15, 0.2) is 0 Å². The summed E-state index contributed by atoms with van der Waals surface area (Å²) in [6, 6.07) is 4.06. The maximum atomic E-state index is 12.0. The molecule has 0 atom stereocenters. The maximum Gasteiger partial charge on any atom is 0.223 e.